The Bertz CT molecular complexity index is 760. The minimum Gasteiger partial charge on any atom is -0.480 e. The van der Waals surface area contributed by atoms with Crippen molar-refractivity contribution >= 4 is 12.1 Å². The summed E-state index contributed by atoms with van der Waals surface area (Å²) < 4.78 is 11.3. The fourth-order valence-corrected chi connectivity index (χ4v) is 2.77. The second kappa shape index (κ2) is 7.73. The molecule has 0 spiro atoms. The van der Waals surface area contributed by atoms with Gasteiger partial charge in [-0.05, 0) is 5.56 Å². The van der Waals surface area contributed by atoms with Gasteiger partial charge >= 0.3 is 12.1 Å². The van der Waals surface area contributed by atoms with Gasteiger partial charge in [0.05, 0.1) is 6.54 Å². The number of ether oxygens (including phenoxy) is 2. The first-order valence-corrected chi connectivity index (χ1v) is 8.06. The molecule has 1 saturated heterocycles. The Morgan fingerprint density at radius 2 is 1.81 bits per heavy atom. The molecule has 1 fully saturated rings. The highest BCUT2D eigenvalue weighted by Gasteiger charge is 2.41. The summed E-state index contributed by atoms with van der Waals surface area (Å²) in [7, 11) is 0. The number of aliphatic carboxylic acids is 1. The Morgan fingerprint density at radius 1 is 1.08 bits per heavy atom. The van der Waals surface area contributed by atoms with Gasteiger partial charge in [0.15, 0.2) is 0 Å². The van der Waals surface area contributed by atoms with Crippen molar-refractivity contribution in [3.63, 3.8) is 0 Å². The number of amides is 1. The topological polar surface area (TPSA) is 109 Å². The molecule has 0 radical (unpaired) electrons. The monoisotopic (exact) mass is 358 g/mol. The maximum absolute atomic E-state index is 11.2. The number of rotatable bonds is 6. The average molecular weight is 358 g/mol. The summed E-state index contributed by atoms with van der Waals surface area (Å²) in [6.07, 6.45) is -1.79. The third kappa shape index (κ3) is 4.21. The zero-order valence-electron chi connectivity index (χ0n) is 13.8. The molecule has 2 atom stereocenters. The smallest absolute Gasteiger partial charge is 0.408 e. The van der Waals surface area contributed by atoms with Crippen LogP contribution in [0.4, 0.5) is 4.79 Å². The third-order valence-electron chi connectivity index (χ3n) is 4.01. The van der Waals surface area contributed by atoms with Crippen molar-refractivity contribution in [1.82, 2.24) is 9.88 Å². The Morgan fingerprint density at radius 3 is 2.46 bits per heavy atom. The van der Waals surface area contributed by atoms with Crippen molar-refractivity contribution in [2.24, 2.45) is 0 Å². The highest BCUT2D eigenvalue weighted by atomic mass is 16.5. The lowest BCUT2D eigenvalue weighted by Gasteiger charge is -2.16. The number of aromatic nitrogens is 1. The van der Waals surface area contributed by atoms with E-state index >= 15 is 0 Å². The van der Waals surface area contributed by atoms with Gasteiger partial charge in [-0.2, -0.15) is 4.98 Å². The summed E-state index contributed by atoms with van der Waals surface area (Å²) in [5.74, 6) is -0.558. The molecule has 1 aliphatic rings. The SMILES string of the molecule is O=C(O)[C@@H]1C[C@@H](Oc2cccc(OCc3ccccc3)n2)CN1C(=O)O. The number of hydrogen-bond acceptors (Lipinski definition) is 5. The van der Waals surface area contributed by atoms with Crippen LogP contribution in [0, 0.1) is 0 Å². The van der Waals surface area contributed by atoms with Gasteiger partial charge in [0.1, 0.15) is 18.8 Å². The van der Waals surface area contributed by atoms with Crippen LogP contribution in [-0.2, 0) is 11.4 Å². The number of benzene rings is 1. The van der Waals surface area contributed by atoms with Crippen LogP contribution in [0.15, 0.2) is 48.5 Å². The second-order valence-corrected chi connectivity index (χ2v) is 5.85. The van der Waals surface area contributed by atoms with Crippen molar-refractivity contribution in [3.8, 4) is 11.8 Å². The molecule has 8 heteroatoms. The molecule has 1 aliphatic heterocycles. The van der Waals surface area contributed by atoms with E-state index in [1.54, 1.807) is 18.2 Å². The van der Waals surface area contributed by atoms with E-state index in [9.17, 15) is 9.59 Å². The second-order valence-electron chi connectivity index (χ2n) is 5.85. The van der Waals surface area contributed by atoms with Gasteiger partial charge in [0.25, 0.3) is 0 Å². The van der Waals surface area contributed by atoms with E-state index in [1.807, 2.05) is 30.3 Å². The van der Waals surface area contributed by atoms with E-state index in [2.05, 4.69) is 4.98 Å². The van der Waals surface area contributed by atoms with Crippen molar-refractivity contribution in [3.05, 3.63) is 54.1 Å². The predicted molar refractivity (Wildman–Crippen MR) is 90.2 cm³/mol. The van der Waals surface area contributed by atoms with Gasteiger partial charge in [0, 0.05) is 18.6 Å². The van der Waals surface area contributed by atoms with Gasteiger partial charge in [-0.1, -0.05) is 36.4 Å². The Hall–Kier alpha value is -3.29. The summed E-state index contributed by atoms with van der Waals surface area (Å²) in [5.41, 5.74) is 0.998. The van der Waals surface area contributed by atoms with Gasteiger partial charge in [-0.3, -0.25) is 4.90 Å². The molecule has 0 bridgehead atoms. The lowest BCUT2D eigenvalue weighted by atomic mass is 10.2. The largest absolute Gasteiger partial charge is 0.480 e. The van der Waals surface area contributed by atoms with Crippen LogP contribution in [0.2, 0.25) is 0 Å². The first-order valence-electron chi connectivity index (χ1n) is 8.06. The number of hydrogen-bond donors (Lipinski definition) is 2. The van der Waals surface area contributed by atoms with E-state index in [0.717, 1.165) is 10.5 Å². The summed E-state index contributed by atoms with van der Waals surface area (Å²) in [5, 5.41) is 18.3. The quantitative estimate of drug-likeness (QED) is 0.815. The van der Waals surface area contributed by atoms with Gasteiger partial charge in [0.2, 0.25) is 11.8 Å². The van der Waals surface area contributed by atoms with Crippen LogP contribution < -0.4 is 9.47 Å². The zero-order valence-corrected chi connectivity index (χ0v) is 13.8. The maximum Gasteiger partial charge on any atom is 0.408 e. The highest BCUT2D eigenvalue weighted by molar-refractivity contribution is 5.80. The minimum absolute atomic E-state index is 0.0247. The molecule has 1 aromatic heterocycles. The fourth-order valence-electron chi connectivity index (χ4n) is 2.77. The Balaban J connectivity index is 1.62. The zero-order chi connectivity index (χ0) is 18.5. The van der Waals surface area contributed by atoms with E-state index in [0.29, 0.717) is 12.5 Å². The number of carboxylic acid groups (broad SMARTS) is 2. The standard InChI is InChI=1S/C18H18N2O6/c21-17(22)14-9-13(10-20(14)18(23)24)26-16-8-4-7-15(19-16)25-11-12-5-2-1-3-6-12/h1-8,13-14H,9-11H2,(H,21,22)(H,23,24)/t13-,14+/m1/s1. The third-order valence-corrected chi connectivity index (χ3v) is 4.01. The van der Waals surface area contributed by atoms with Crippen LogP contribution in [0.25, 0.3) is 0 Å². The predicted octanol–water partition coefficient (Wildman–Crippen LogP) is 2.24. The van der Waals surface area contributed by atoms with Crippen LogP contribution >= 0.6 is 0 Å². The molecule has 0 unspecified atom stereocenters. The van der Waals surface area contributed by atoms with Crippen LogP contribution in [0.1, 0.15) is 12.0 Å². The fraction of sp³-hybridized carbons (Fsp3) is 0.278. The lowest BCUT2D eigenvalue weighted by molar-refractivity contribution is -0.141. The van der Waals surface area contributed by atoms with E-state index < -0.39 is 24.2 Å². The van der Waals surface area contributed by atoms with Crippen LogP contribution in [0.3, 0.4) is 0 Å². The number of nitrogens with zero attached hydrogens (tertiary/aromatic N) is 2. The highest BCUT2D eigenvalue weighted by Crippen LogP contribution is 2.24. The molecule has 2 heterocycles. The summed E-state index contributed by atoms with van der Waals surface area (Å²) in [4.78, 5) is 27.4. The van der Waals surface area contributed by atoms with Crippen LogP contribution in [0.5, 0.6) is 11.8 Å². The Labute approximate surface area is 149 Å². The number of pyridine rings is 1. The van der Waals surface area contributed by atoms with Crippen molar-refractivity contribution in [2.75, 3.05) is 6.54 Å². The summed E-state index contributed by atoms with van der Waals surface area (Å²) in [6.45, 7) is 0.331. The molecule has 0 saturated carbocycles. The molecular formula is C18H18N2O6. The van der Waals surface area contributed by atoms with E-state index in [-0.39, 0.29) is 18.8 Å². The molecule has 1 amide bonds. The van der Waals surface area contributed by atoms with Gasteiger partial charge in [-0.15, -0.1) is 0 Å². The Kier molecular flexibility index (Phi) is 5.21. The first kappa shape index (κ1) is 17.5. The van der Waals surface area contributed by atoms with Crippen molar-refractivity contribution < 1.29 is 29.3 Å². The van der Waals surface area contributed by atoms with Crippen molar-refractivity contribution in [2.45, 2.75) is 25.2 Å². The first-order chi connectivity index (χ1) is 12.5. The van der Waals surface area contributed by atoms with E-state index in [4.69, 9.17) is 19.7 Å². The van der Waals surface area contributed by atoms with E-state index in [1.165, 1.54) is 0 Å². The molecule has 2 N–H and O–H groups in total. The summed E-state index contributed by atoms with van der Waals surface area (Å²) in [6, 6.07) is 13.5. The lowest BCUT2D eigenvalue weighted by Crippen LogP contribution is -2.39. The number of carbonyl (C=O) groups is 2. The summed E-state index contributed by atoms with van der Waals surface area (Å²) >= 11 is 0. The average Bonchev–Trinajstić information content (AvgIpc) is 3.06. The van der Waals surface area contributed by atoms with Gasteiger partial charge < -0.3 is 19.7 Å². The molecule has 26 heavy (non-hydrogen) atoms. The molecule has 0 aliphatic carbocycles. The number of carboxylic acids is 1. The molecule has 2 aromatic rings. The molecule has 1 aromatic carbocycles. The molecular weight excluding hydrogens is 340 g/mol. The molecule has 8 nitrogen and oxygen atoms in total. The molecule has 3 rings (SSSR count). The molecule has 136 valence electrons. The van der Waals surface area contributed by atoms with Gasteiger partial charge in [-0.25, -0.2) is 9.59 Å². The number of likely N-dealkylation sites (tertiary alicyclic amines) is 1. The van der Waals surface area contributed by atoms with Crippen LogP contribution in [-0.4, -0.2) is 50.9 Å². The minimum atomic E-state index is -1.28. The maximum atomic E-state index is 11.2. The normalized spacial score (nSPS) is 19.2. The van der Waals surface area contributed by atoms with Crippen molar-refractivity contribution in [1.29, 1.82) is 0 Å².